The maximum absolute atomic E-state index is 12.0. The molecule has 3 nitrogen and oxygen atoms in total. The van der Waals surface area contributed by atoms with E-state index >= 15 is 0 Å². The topological polar surface area (TPSA) is 60.2 Å². The van der Waals surface area contributed by atoms with Crippen LogP contribution in [0, 0.1) is 5.92 Å². The Morgan fingerprint density at radius 2 is 2.06 bits per heavy atom. The summed E-state index contributed by atoms with van der Waals surface area (Å²) >= 11 is 5.81. The molecule has 1 aromatic rings. The molecule has 1 aromatic carbocycles. The second kappa shape index (κ2) is 4.26. The van der Waals surface area contributed by atoms with Crippen LogP contribution in [-0.2, 0) is 9.84 Å². The fraction of sp³-hybridized carbons (Fsp3) is 0.455. The Morgan fingerprint density at radius 1 is 1.38 bits per heavy atom. The highest BCUT2D eigenvalue weighted by atomic mass is 35.5. The molecule has 2 rings (SSSR count). The average molecular weight is 260 g/mol. The molecule has 1 saturated carbocycles. The van der Waals surface area contributed by atoms with Gasteiger partial charge in [-0.3, -0.25) is 0 Å². The molecule has 0 amide bonds. The van der Waals surface area contributed by atoms with Gasteiger partial charge in [0.15, 0.2) is 9.84 Å². The second-order valence-electron chi connectivity index (χ2n) is 4.26. The van der Waals surface area contributed by atoms with Crippen molar-refractivity contribution >= 4 is 27.1 Å². The van der Waals surface area contributed by atoms with E-state index in [-0.39, 0.29) is 10.6 Å². The summed E-state index contributed by atoms with van der Waals surface area (Å²) in [6.07, 6.45) is 3.17. The van der Waals surface area contributed by atoms with Crippen molar-refractivity contribution in [1.82, 2.24) is 0 Å². The van der Waals surface area contributed by atoms with Crippen LogP contribution in [0.2, 0.25) is 5.02 Å². The summed E-state index contributed by atoms with van der Waals surface area (Å²) in [5, 5.41) is 0.301. The van der Waals surface area contributed by atoms with Gasteiger partial charge in [0.2, 0.25) is 0 Å². The smallest absolute Gasteiger partial charge is 0.178 e. The lowest BCUT2D eigenvalue weighted by Gasteiger charge is -2.24. The predicted molar refractivity (Wildman–Crippen MR) is 65.3 cm³/mol. The highest BCUT2D eigenvalue weighted by Gasteiger charge is 2.26. The molecule has 0 bridgehead atoms. The summed E-state index contributed by atoms with van der Waals surface area (Å²) in [6, 6.07) is 4.50. The van der Waals surface area contributed by atoms with Gasteiger partial charge >= 0.3 is 0 Å². The lowest BCUT2D eigenvalue weighted by Crippen LogP contribution is -2.22. The van der Waals surface area contributed by atoms with Gasteiger partial charge in [0.1, 0.15) is 0 Å². The van der Waals surface area contributed by atoms with E-state index in [4.69, 9.17) is 17.3 Å². The van der Waals surface area contributed by atoms with Crippen molar-refractivity contribution in [2.45, 2.75) is 24.2 Å². The minimum Gasteiger partial charge on any atom is -0.398 e. The van der Waals surface area contributed by atoms with E-state index in [1.54, 1.807) is 0 Å². The highest BCUT2D eigenvalue weighted by molar-refractivity contribution is 7.91. The van der Waals surface area contributed by atoms with Gasteiger partial charge in [-0.2, -0.15) is 0 Å². The summed E-state index contributed by atoms with van der Waals surface area (Å²) in [4.78, 5) is 0.276. The number of sulfone groups is 1. The van der Waals surface area contributed by atoms with Gasteiger partial charge in [0.25, 0.3) is 0 Å². The zero-order valence-electron chi connectivity index (χ0n) is 8.82. The molecule has 0 unspecified atom stereocenters. The second-order valence-corrected chi connectivity index (χ2v) is 6.70. The first-order valence-corrected chi connectivity index (χ1v) is 7.30. The van der Waals surface area contributed by atoms with Crippen LogP contribution in [0.5, 0.6) is 0 Å². The summed E-state index contributed by atoms with van der Waals surface area (Å²) < 4.78 is 24.0. The fourth-order valence-corrected chi connectivity index (χ4v) is 3.73. The molecular formula is C11H14ClNO2S. The lowest BCUT2D eigenvalue weighted by atomic mass is 9.87. The number of rotatable bonds is 3. The van der Waals surface area contributed by atoms with Crippen LogP contribution in [0.25, 0.3) is 0 Å². The highest BCUT2D eigenvalue weighted by Crippen LogP contribution is 2.31. The number of halogens is 1. The van der Waals surface area contributed by atoms with Crippen LogP contribution >= 0.6 is 11.6 Å². The van der Waals surface area contributed by atoms with Gasteiger partial charge in [-0.25, -0.2) is 8.42 Å². The van der Waals surface area contributed by atoms with E-state index < -0.39 is 9.84 Å². The van der Waals surface area contributed by atoms with Crippen molar-refractivity contribution < 1.29 is 8.42 Å². The number of nitrogens with two attached hydrogens (primary N) is 1. The number of benzene rings is 1. The van der Waals surface area contributed by atoms with Crippen molar-refractivity contribution in [3.05, 3.63) is 23.2 Å². The summed E-state index contributed by atoms with van der Waals surface area (Å²) in [6.45, 7) is 0. The van der Waals surface area contributed by atoms with Gasteiger partial charge in [-0.1, -0.05) is 18.0 Å². The van der Waals surface area contributed by atoms with Crippen molar-refractivity contribution in [2.75, 3.05) is 11.5 Å². The van der Waals surface area contributed by atoms with Gasteiger partial charge in [0, 0.05) is 0 Å². The Hall–Kier alpha value is -0.740. The van der Waals surface area contributed by atoms with Crippen LogP contribution < -0.4 is 5.73 Å². The minimum absolute atomic E-state index is 0.229. The number of anilines is 1. The standard InChI is InChI=1S/C11H14ClNO2S/c12-10-6-9(4-5-11(10)13)16(14,15)7-8-2-1-3-8/h4-6,8H,1-3,7,13H2. The maximum atomic E-state index is 12.0. The molecule has 16 heavy (non-hydrogen) atoms. The Morgan fingerprint density at radius 3 is 2.56 bits per heavy atom. The van der Waals surface area contributed by atoms with Gasteiger partial charge in [0.05, 0.1) is 21.4 Å². The van der Waals surface area contributed by atoms with Crippen molar-refractivity contribution in [3.8, 4) is 0 Å². The Balaban J connectivity index is 2.24. The first-order valence-electron chi connectivity index (χ1n) is 5.27. The van der Waals surface area contributed by atoms with E-state index in [2.05, 4.69) is 0 Å². The first-order chi connectivity index (χ1) is 7.49. The Kier molecular flexibility index (Phi) is 3.13. The van der Waals surface area contributed by atoms with Gasteiger partial charge in [-0.05, 0) is 37.0 Å². The van der Waals surface area contributed by atoms with E-state index in [0.29, 0.717) is 16.6 Å². The van der Waals surface area contributed by atoms with E-state index in [1.807, 2.05) is 0 Å². The normalized spacial score (nSPS) is 17.1. The quantitative estimate of drug-likeness (QED) is 0.849. The van der Waals surface area contributed by atoms with Gasteiger partial charge < -0.3 is 5.73 Å². The molecular weight excluding hydrogens is 246 g/mol. The molecule has 0 heterocycles. The summed E-state index contributed by atoms with van der Waals surface area (Å²) in [5.74, 6) is 0.550. The molecule has 5 heteroatoms. The summed E-state index contributed by atoms with van der Waals surface area (Å²) in [5.41, 5.74) is 5.95. The monoisotopic (exact) mass is 259 g/mol. The lowest BCUT2D eigenvalue weighted by molar-refractivity contribution is 0.347. The molecule has 2 N–H and O–H groups in total. The molecule has 0 spiro atoms. The molecule has 0 atom stereocenters. The third kappa shape index (κ3) is 2.33. The molecule has 1 aliphatic rings. The third-order valence-electron chi connectivity index (χ3n) is 3.01. The molecule has 88 valence electrons. The molecule has 0 aliphatic heterocycles. The van der Waals surface area contributed by atoms with E-state index in [1.165, 1.54) is 18.2 Å². The zero-order valence-corrected chi connectivity index (χ0v) is 10.4. The molecule has 0 radical (unpaired) electrons. The van der Waals surface area contributed by atoms with Crippen LogP contribution in [0.4, 0.5) is 5.69 Å². The third-order valence-corrected chi connectivity index (χ3v) is 5.22. The van der Waals surface area contributed by atoms with Gasteiger partial charge in [-0.15, -0.1) is 0 Å². The maximum Gasteiger partial charge on any atom is 0.178 e. The molecule has 0 saturated heterocycles. The fourth-order valence-electron chi connectivity index (χ4n) is 1.77. The van der Waals surface area contributed by atoms with Crippen LogP contribution in [0.1, 0.15) is 19.3 Å². The zero-order chi connectivity index (χ0) is 11.8. The average Bonchev–Trinajstić information content (AvgIpc) is 2.16. The number of hydrogen-bond acceptors (Lipinski definition) is 3. The van der Waals surface area contributed by atoms with Crippen molar-refractivity contribution in [2.24, 2.45) is 5.92 Å². The Bertz CT molecular complexity index is 495. The SMILES string of the molecule is Nc1ccc(S(=O)(=O)CC2CCC2)cc1Cl. The van der Waals surface area contributed by atoms with Crippen LogP contribution in [0.3, 0.4) is 0 Å². The molecule has 1 fully saturated rings. The van der Waals surface area contributed by atoms with Crippen LogP contribution in [0.15, 0.2) is 23.1 Å². The Labute approximate surface area is 101 Å². The number of hydrogen-bond donors (Lipinski definition) is 1. The minimum atomic E-state index is -3.20. The van der Waals surface area contributed by atoms with Crippen molar-refractivity contribution in [1.29, 1.82) is 0 Å². The predicted octanol–water partition coefficient (Wildman–Crippen LogP) is 2.50. The van der Waals surface area contributed by atoms with Crippen molar-refractivity contribution in [3.63, 3.8) is 0 Å². The summed E-state index contributed by atoms with van der Waals surface area (Å²) in [7, 11) is -3.20. The van der Waals surface area contributed by atoms with E-state index in [9.17, 15) is 8.42 Å². The largest absolute Gasteiger partial charge is 0.398 e. The first kappa shape index (κ1) is 11.7. The van der Waals surface area contributed by atoms with E-state index in [0.717, 1.165) is 19.3 Å². The van der Waals surface area contributed by atoms with Crippen LogP contribution in [-0.4, -0.2) is 14.2 Å². The number of nitrogen functional groups attached to an aromatic ring is 1. The molecule has 1 aliphatic carbocycles. The molecule has 0 aromatic heterocycles.